The van der Waals surface area contributed by atoms with E-state index in [4.69, 9.17) is 0 Å². The van der Waals surface area contributed by atoms with E-state index in [1.165, 1.54) is 11.3 Å². The zero-order chi connectivity index (χ0) is 14.8. The van der Waals surface area contributed by atoms with Crippen LogP contribution in [0.3, 0.4) is 0 Å². The third-order valence-corrected chi connectivity index (χ3v) is 4.86. The first-order chi connectivity index (χ1) is 10.2. The number of carbonyl (C=O) groups is 2. The molecular formula is C16H15NO3S. The number of aromatic carboxylic acids is 1. The van der Waals surface area contributed by atoms with Crippen LogP contribution in [0.15, 0.2) is 30.3 Å². The first kappa shape index (κ1) is 13.8. The molecule has 2 N–H and O–H groups in total. The minimum atomic E-state index is -0.960. The van der Waals surface area contributed by atoms with E-state index in [2.05, 4.69) is 5.32 Å². The van der Waals surface area contributed by atoms with Crippen LogP contribution in [0.25, 0.3) is 0 Å². The Morgan fingerprint density at radius 3 is 2.52 bits per heavy atom. The molecule has 1 aromatic carbocycles. The summed E-state index contributed by atoms with van der Waals surface area (Å²) in [6.07, 6.45) is 3.78. The number of fused-ring (bicyclic) bond motifs is 1. The number of carbonyl (C=O) groups excluding carboxylic acids is 1. The third-order valence-electron chi connectivity index (χ3n) is 3.65. The predicted molar refractivity (Wildman–Crippen MR) is 82.3 cm³/mol. The van der Waals surface area contributed by atoms with Gasteiger partial charge in [0.05, 0.1) is 5.56 Å². The normalized spacial score (nSPS) is 13.5. The third kappa shape index (κ3) is 2.69. The van der Waals surface area contributed by atoms with Gasteiger partial charge in [0.1, 0.15) is 5.00 Å². The Bertz CT molecular complexity index is 691. The first-order valence-corrected chi connectivity index (χ1v) is 7.72. The molecule has 1 aliphatic rings. The maximum atomic E-state index is 12.2. The van der Waals surface area contributed by atoms with Crippen molar-refractivity contribution in [3.63, 3.8) is 0 Å². The molecule has 3 rings (SSSR count). The van der Waals surface area contributed by atoms with Gasteiger partial charge in [-0.3, -0.25) is 4.79 Å². The monoisotopic (exact) mass is 301 g/mol. The predicted octanol–water partition coefficient (Wildman–Crippen LogP) is 3.58. The van der Waals surface area contributed by atoms with Crippen LogP contribution in [-0.4, -0.2) is 17.0 Å². The number of thiophene rings is 1. The average molecular weight is 301 g/mol. The molecule has 0 fully saturated rings. The molecule has 108 valence electrons. The minimum Gasteiger partial charge on any atom is -0.478 e. The van der Waals surface area contributed by atoms with Gasteiger partial charge in [0.15, 0.2) is 0 Å². The highest BCUT2D eigenvalue weighted by molar-refractivity contribution is 7.17. The van der Waals surface area contributed by atoms with Crippen molar-refractivity contribution in [2.75, 3.05) is 5.32 Å². The number of carboxylic acid groups (broad SMARTS) is 1. The fraction of sp³-hybridized carbons (Fsp3) is 0.250. The highest BCUT2D eigenvalue weighted by Gasteiger charge is 2.26. The number of hydrogen-bond acceptors (Lipinski definition) is 3. The molecular weight excluding hydrogens is 286 g/mol. The number of nitrogens with one attached hydrogen (secondary N) is 1. The molecule has 0 spiro atoms. The van der Waals surface area contributed by atoms with Crippen LogP contribution in [0, 0.1) is 0 Å². The van der Waals surface area contributed by atoms with Gasteiger partial charge >= 0.3 is 5.97 Å². The molecule has 4 nitrogen and oxygen atoms in total. The number of benzene rings is 1. The second-order valence-corrected chi connectivity index (χ2v) is 6.15. The van der Waals surface area contributed by atoms with Gasteiger partial charge in [0.2, 0.25) is 0 Å². The van der Waals surface area contributed by atoms with E-state index in [0.29, 0.717) is 10.6 Å². The molecule has 0 atom stereocenters. The highest BCUT2D eigenvalue weighted by Crippen LogP contribution is 2.38. The molecule has 1 aromatic heterocycles. The molecule has 0 saturated heterocycles. The van der Waals surface area contributed by atoms with Crippen LogP contribution in [0.4, 0.5) is 5.00 Å². The number of anilines is 1. The lowest BCUT2D eigenvalue weighted by Gasteiger charge is -2.10. The molecule has 0 radical (unpaired) electrons. The summed E-state index contributed by atoms with van der Waals surface area (Å²) in [4.78, 5) is 24.8. The van der Waals surface area contributed by atoms with E-state index < -0.39 is 5.97 Å². The lowest BCUT2D eigenvalue weighted by molar-refractivity contribution is 0.0697. The summed E-state index contributed by atoms with van der Waals surface area (Å²) in [7, 11) is 0. The summed E-state index contributed by atoms with van der Waals surface area (Å²) in [6.45, 7) is 0. The van der Waals surface area contributed by atoms with Crippen LogP contribution in [0.5, 0.6) is 0 Å². The van der Waals surface area contributed by atoms with Crippen LogP contribution < -0.4 is 5.32 Å². The molecule has 2 aromatic rings. The molecule has 1 aliphatic carbocycles. The van der Waals surface area contributed by atoms with Crippen LogP contribution >= 0.6 is 11.3 Å². The van der Waals surface area contributed by atoms with Gasteiger partial charge in [-0.05, 0) is 43.4 Å². The maximum absolute atomic E-state index is 12.2. The smallest absolute Gasteiger partial charge is 0.339 e. The van der Waals surface area contributed by atoms with Gasteiger partial charge in [-0.25, -0.2) is 4.79 Å². The Morgan fingerprint density at radius 1 is 1.10 bits per heavy atom. The summed E-state index contributed by atoms with van der Waals surface area (Å²) in [6, 6.07) is 8.83. The van der Waals surface area contributed by atoms with Crippen molar-refractivity contribution in [2.45, 2.75) is 25.7 Å². The second kappa shape index (κ2) is 5.69. The molecule has 1 amide bonds. The molecule has 1 heterocycles. The van der Waals surface area contributed by atoms with Crippen molar-refractivity contribution in [1.82, 2.24) is 0 Å². The van der Waals surface area contributed by atoms with Gasteiger partial charge in [-0.15, -0.1) is 11.3 Å². The minimum absolute atomic E-state index is 0.267. The van der Waals surface area contributed by atoms with E-state index >= 15 is 0 Å². The van der Waals surface area contributed by atoms with Crippen molar-refractivity contribution >= 4 is 28.2 Å². The zero-order valence-electron chi connectivity index (χ0n) is 11.4. The lowest BCUT2D eigenvalue weighted by Crippen LogP contribution is -2.14. The number of rotatable bonds is 3. The van der Waals surface area contributed by atoms with Crippen molar-refractivity contribution in [3.8, 4) is 0 Å². The Kier molecular flexibility index (Phi) is 3.75. The van der Waals surface area contributed by atoms with E-state index in [-0.39, 0.29) is 11.5 Å². The SMILES string of the molecule is O=C(Nc1sc2c(c1C(=O)O)CCCC2)c1ccccc1. The van der Waals surface area contributed by atoms with Crippen LogP contribution in [-0.2, 0) is 12.8 Å². The van der Waals surface area contributed by atoms with Gasteiger partial charge < -0.3 is 10.4 Å². The average Bonchev–Trinajstić information content (AvgIpc) is 2.86. The summed E-state index contributed by atoms with van der Waals surface area (Å²) in [5.41, 5.74) is 1.71. The van der Waals surface area contributed by atoms with Crippen molar-refractivity contribution in [2.24, 2.45) is 0 Å². The topological polar surface area (TPSA) is 66.4 Å². The number of aryl methyl sites for hydroxylation is 1. The summed E-state index contributed by atoms with van der Waals surface area (Å²) in [5.74, 6) is -1.23. The Hall–Kier alpha value is -2.14. The summed E-state index contributed by atoms with van der Waals surface area (Å²) >= 11 is 1.40. The molecule has 0 bridgehead atoms. The van der Waals surface area contributed by atoms with Crippen LogP contribution in [0.1, 0.15) is 44.0 Å². The van der Waals surface area contributed by atoms with Crippen molar-refractivity contribution < 1.29 is 14.7 Å². The number of amides is 1. The van der Waals surface area contributed by atoms with E-state index in [9.17, 15) is 14.7 Å². The Labute approximate surface area is 126 Å². The fourth-order valence-corrected chi connectivity index (χ4v) is 3.92. The van der Waals surface area contributed by atoms with E-state index in [0.717, 1.165) is 36.1 Å². The van der Waals surface area contributed by atoms with Gasteiger partial charge in [0.25, 0.3) is 5.91 Å². The van der Waals surface area contributed by atoms with Gasteiger partial charge in [0, 0.05) is 10.4 Å². The molecule has 0 saturated carbocycles. The fourth-order valence-electron chi connectivity index (χ4n) is 2.64. The highest BCUT2D eigenvalue weighted by atomic mass is 32.1. The first-order valence-electron chi connectivity index (χ1n) is 6.91. The Balaban J connectivity index is 1.94. The standard InChI is InChI=1S/C16H15NO3S/c18-14(10-6-2-1-3-7-10)17-15-13(16(19)20)11-8-4-5-9-12(11)21-15/h1-3,6-7H,4-5,8-9H2,(H,17,18)(H,19,20). The second-order valence-electron chi connectivity index (χ2n) is 5.04. The lowest BCUT2D eigenvalue weighted by atomic mass is 9.95. The zero-order valence-corrected chi connectivity index (χ0v) is 12.2. The summed E-state index contributed by atoms with van der Waals surface area (Å²) in [5, 5.41) is 12.7. The quantitative estimate of drug-likeness (QED) is 0.910. The summed E-state index contributed by atoms with van der Waals surface area (Å²) < 4.78 is 0. The van der Waals surface area contributed by atoms with E-state index in [1.807, 2.05) is 6.07 Å². The molecule has 0 unspecified atom stereocenters. The number of carboxylic acids is 1. The Morgan fingerprint density at radius 2 is 1.81 bits per heavy atom. The van der Waals surface area contributed by atoms with Gasteiger partial charge in [-0.1, -0.05) is 18.2 Å². The molecule has 21 heavy (non-hydrogen) atoms. The van der Waals surface area contributed by atoms with E-state index in [1.54, 1.807) is 24.3 Å². The van der Waals surface area contributed by atoms with Crippen LogP contribution in [0.2, 0.25) is 0 Å². The van der Waals surface area contributed by atoms with Crippen molar-refractivity contribution in [3.05, 3.63) is 51.9 Å². The molecule has 0 aliphatic heterocycles. The van der Waals surface area contributed by atoms with Crippen molar-refractivity contribution in [1.29, 1.82) is 0 Å². The maximum Gasteiger partial charge on any atom is 0.339 e. The van der Waals surface area contributed by atoms with Gasteiger partial charge in [-0.2, -0.15) is 0 Å². The number of hydrogen-bond donors (Lipinski definition) is 2. The largest absolute Gasteiger partial charge is 0.478 e. The molecule has 5 heteroatoms.